The molecular weight excluding hydrogens is 622 g/mol. The van der Waals surface area contributed by atoms with Gasteiger partial charge in [0.25, 0.3) is 0 Å². The number of nitrogens with two attached hydrogens (primary N) is 3. The number of primary amides is 1. The third-order valence-corrected chi connectivity index (χ3v) is 8.30. The third kappa shape index (κ3) is 11.8. The molecule has 0 fully saturated rings. The van der Waals surface area contributed by atoms with Crippen LogP contribution in [0.5, 0.6) is 0 Å². The summed E-state index contributed by atoms with van der Waals surface area (Å²) >= 11 is 0. The van der Waals surface area contributed by atoms with E-state index in [-0.39, 0.29) is 18.7 Å². The summed E-state index contributed by atoms with van der Waals surface area (Å²) in [4.78, 5) is 35.8. The van der Waals surface area contributed by atoms with Gasteiger partial charge < -0.3 is 40.9 Å². The van der Waals surface area contributed by atoms with Gasteiger partial charge in [-0.2, -0.15) is 0 Å². The Balaban J connectivity index is 1.38. The predicted octanol–water partition coefficient (Wildman–Crippen LogP) is 4.33. The number of ether oxygens (including phenoxy) is 3. The number of benzene rings is 2. The average Bonchev–Trinajstić information content (AvgIpc) is 3.46. The number of nitrogen functional groups attached to an aromatic ring is 1. The molecule has 0 spiro atoms. The van der Waals surface area contributed by atoms with Gasteiger partial charge in [-0.15, -0.1) is 0 Å². The van der Waals surface area contributed by atoms with Crippen LogP contribution in [0.25, 0.3) is 21.9 Å². The van der Waals surface area contributed by atoms with E-state index < -0.39 is 5.91 Å². The molecule has 0 saturated carbocycles. The number of carbonyl (C=O) groups is 2. The number of rotatable bonds is 24. The highest BCUT2D eigenvalue weighted by Crippen LogP contribution is 2.30. The topological polar surface area (TPSA) is 174 Å². The summed E-state index contributed by atoms with van der Waals surface area (Å²) in [7, 11) is 0. The minimum Gasteiger partial charge on any atom is -0.382 e. The second-order valence-electron chi connectivity index (χ2n) is 12.2. The Hall–Kier alpha value is -4.10. The third-order valence-electron chi connectivity index (χ3n) is 8.30. The van der Waals surface area contributed by atoms with Gasteiger partial charge in [-0.05, 0) is 49.4 Å². The molecular formula is C37H53N7O5. The molecule has 2 aromatic carbocycles. The highest BCUT2D eigenvalue weighted by molar-refractivity contribution is 6.06. The molecule has 0 aliphatic carbocycles. The normalized spacial score (nSPS) is 11.5. The lowest BCUT2D eigenvalue weighted by atomic mass is 10.1. The Morgan fingerprint density at radius 2 is 1.49 bits per heavy atom. The van der Waals surface area contributed by atoms with Gasteiger partial charge in [-0.25, -0.2) is 9.97 Å². The van der Waals surface area contributed by atoms with Crippen LogP contribution in [0, 0.1) is 0 Å². The van der Waals surface area contributed by atoms with Crippen molar-refractivity contribution in [3.63, 3.8) is 0 Å². The van der Waals surface area contributed by atoms with Crippen molar-refractivity contribution in [2.75, 3.05) is 58.5 Å². The van der Waals surface area contributed by atoms with Crippen molar-refractivity contribution < 1.29 is 23.8 Å². The Morgan fingerprint density at radius 3 is 2.18 bits per heavy atom. The molecule has 0 aliphatic heterocycles. The zero-order chi connectivity index (χ0) is 34.8. The molecule has 0 unspecified atom stereocenters. The number of aromatic nitrogens is 3. The van der Waals surface area contributed by atoms with Crippen LogP contribution in [0.2, 0.25) is 0 Å². The molecule has 4 aromatic rings. The van der Waals surface area contributed by atoms with Crippen molar-refractivity contribution in [1.29, 1.82) is 0 Å². The lowest BCUT2D eigenvalue weighted by Crippen LogP contribution is -2.32. The molecule has 0 radical (unpaired) electrons. The summed E-state index contributed by atoms with van der Waals surface area (Å²) in [6, 6.07) is 16.4. The Morgan fingerprint density at radius 1 is 0.816 bits per heavy atom. The first-order valence-corrected chi connectivity index (χ1v) is 17.5. The summed E-state index contributed by atoms with van der Waals surface area (Å²) in [6.45, 7) is 7.61. The van der Waals surface area contributed by atoms with Gasteiger partial charge in [-0.3, -0.25) is 9.59 Å². The first kappa shape index (κ1) is 37.7. The monoisotopic (exact) mass is 675 g/mol. The van der Waals surface area contributed by atoms with Gasteiger partial charge in [0.05, 0.1) is 37.5 Å². The van der Waals surface area contributed by atoms with Crippen LogP contribution in [0.1, 0.15) is 68.8 Å². The first-order chi connectivity index (χ1) is 23.9. The van der Waals surface area contributed by atoms with Crippen LogP contribution in [0.15, 0.2) is 48.5 Å². The fourth-order valence-electron chi connectivity index (χ4n) is 5.70. The SMILES string of the molecule is CCCCc1nc2c(N)nc3ccccc3c2n1Cc1ccc(CN(CCCOCCOCCOCCCN)C(=O)CCCC(N)=O)cc1. The number of unbranched alkanes of at least 4 members (excludes halogenated alkanes) is 1. The number of nitrogens with zero attached hydrogens (tertiary/aromatic N) is 4. The second kappa shape index (κ2) is 20.4. The Labute approximate surface area is 289 Å². The number of hydrogen-bond donors (Lipinski definition) is 3. The number of carbonyl (C=O) groups excluding carboxylic acids is 2. The highest BCUT2D eigenvalue weighted by Gasteiger charge is 2.18. The fourth-order valence-corrected chi connectivity index (χ4v) is 5.70. The van der Waals surface area contributed by atoms with E-state index >= 15 is 0 Å². The molecule has 12 heteroatoms. The summed E-state index contributed by atoms with van der Waals surface area (Å²) < 4.78 is 19.0. The molecule has 2 amide bonds. The number of para-hydroxylation sites is 1. The Kier molecular flexibility index (Phi) is 15.7. The quantitative estimate of drug-likeness (QED) is 0.0914. The molecule has 0 aliphatic rings. The number of hydrogen-bond acceptors (Lipinski definition) is 9. The van der Waals surface area contributed by atoms with E-state index in [1.807, 2.05) is 23.1 Å². The predicted molar refractivity (Wildman–Crippen MR) is 193 cm³/mol. The second-order valence-corrected chi connectivity index (χ2v) is 12.2. The highest BCUT2D eigenvalue weighted by atomic mass is 16.5. The van der Waals surface area contributed by atoms with Crippen molar-refractivity contribution in [1.82, 2.24) is 19.4 Å². The van der Waals surface area contributed by atoms with Gasteiger partial charge in [0, 0.05) is 57.5 Å². The zero-order valence-corrected chi connectivity index (χ0v) is 28.9. The minimum atomic E-state index is -0.400. The Bertz CT molecular complexity index is 1610. The zero-order valence-electron chi connectivity index (χ0n) is 28.9. The van der Waals surface area contributed by atoms with Crippen LogP contribution in [-0.2, 0) is 43.3 Å². The van der Waals surface area contributed by atoms with E-state index in [0.717, 1.165) is 64.6 Å². The summed E-state index contributed by atoms with van der Waals surface area (Å²) in [6.07, 6.45) is 5.36. The van der Waals surface area contributed by atoms with Gasteiger partial charge in [-0.1, -0.05) is 55.8 Å². The lowest BCUT2D eigenvalue weighted by Gasteiger charge is -2.23. The van der Waals surface area contributed by atoms with Gasteiger partial charge in [0.15, 0.2) is 5.82 Å². The van der Waals surface area contributed by atoms with Crippen LogP contribution < -0.4 is 17.2 Å². The van der Waals surface area contributed by atoms with E-state index in [0.29, 0.717) is 84.5 Å². The number of imidazole rings is 1. The summed E-state index contributed by atoms with van der Waals surface area (Å²) in [5, 5.41) is 1.03. The van der Waals surface area contributed by atoms with Gasteiger partial charge in [0.1, 0.15) is 11.3 Å². The maximum atomic E-state index is 13.2. The number of aryl methyl sites for hydroxylation is 1. The average molecular weight is 676 g/mol. The van der Waals surface area contributed by atoms with E-state index in [1.54, 1.807) is 0 Å². The van der Waals surface area contributed by atoms with Crippen LogP contribution in [-0.4, -0.2) is 84.0 Å². The van der Waals surface area contributed by atoms with Gasteiger partial charge >= 0.3 is 0 Å². The molecule has 4 rings (SSSR count). The maximum absolute atomic E-state index is 13.2. The van der Waals surface area contributed by atoms with Crippen molar-refractivity contribution in [3.8, 4) is 0 Å². The van der Waals surface area contributed by atoms with Gasteiger partial charge in [0.2, 0.25) is 11.8 Å². The molecule has 0 saturated heterocycles. The number of fused-ring (bicyclic) bond motifs is 3. The van der Waals surface area contributed by atoms with E-state index in [4.69, 9.17) is 36.4 Å². The van der Waals surface area contributed by atoms with E-state index in [1.165, 1.54) is 0 Å². The molecule has 6 N–H and O–H groups in total. The van der Waals surface area contributed by atoms with Crippen molar-refractivity contribution in [2.24, 2.45) is 11.5 Å². The fraction of sp³-hybridized carbons (Fsp3) is 0.514. The molecule has 49 heavy (non-hydrogen) atoms. The van der Waals surface area contributed by atoms with E-state index in [2.05, 4.69) is 46.8 Å². The maximum Gasteiger partial charge on any atom is 0.222 e. The van der Waals surface area contributed by atoms with Crippen molar-refractivity contribution in [3.05, 3.63) is 65.5 Å². The molecule has 0 atom stereocenters. The largest absolute Gasteiger partial charge is 0.382 e. The number of pyridine rings is 1. The van der Waals surface area contributed by atoms with Crippen molar-refractivity contribution >= 4 is 39.6 Å². The molecule has 2 heterocycles. The molecule has 12 nitrogen and oxygen atoms in total. The summed E-state index contributed by atoms with van der Waals surface area (Å²) in [5.41, 5.74) is 21.9. The van der Waals surface area contributed by atoms with Crippen LogP contribution in [0.3, 0.4) is 0 Å². The smallest absolute Gasteiger partial charge is 0.222 e. The minimum absolute atomic E-state index is 0.00757. The van der Waals surface area contributed by atoms with Crippen molar-refractivity contribution in [2.45, 2.75) is 71.4 Å². The summed E-state index contributed by atoms with van der Waals surface area (Å²) in [5.74, 6) is 1.04. The number of amides is 2. The first-order valence-electron chi connectivity index (χ1n) is 17.5. The van der Waals surface area contributed by atoms with Crippen LogP contribution in [0.4, 0.5) is 5.82 Å². The molecule has 266 valence electrons. The molecule has 2 aromatic heterocycles. The van der Waals surface area contributed by atoms with E-state index in [9.17, 15) is 9.59 Å². The molecule has 0 bridgehead atoms. The lowest BCUT2D eigenvalue weighted by molar-refractivity contribution is -0.132. The number of anilines is 1. The van der Waals surface area contributed by atoms with Crippen LogP contribution >= 0.6 is 0 Å². The standard InChI is InChI=1S/C37H53N7O5/c1-2-3-12-33-42-35-36(30-9-4-5-10-31(30)41-37(35)40)44(33)27-29-16-14-28(15-17-29)26-43(34(46)13-6-11-32(39)45)19-8-21-48-23-25-49-24-22-47-20-7-18-38/h4-5,9-10,14-17H,2-3,6-8,11-13,18-27,38H2,1H3,(H2,39,45)(H2,40,41).